The van der Waals surface area contributed by atoms with Crippen LogP contribution < -0.4 is 0 Å². The minimum Gasteiger partial charge on any atom is -0.228 e. The second kappa shape index (κ2) is 14.8. The van der Waals surface area contributed by atoms with Crippen molar-refractivity contribution >= 4 is 11.8 Å². The van der Waals surface area contributed by atoms with E-state index in [1.54, 1.807) is 0 Å². The second-order valence-electron chi connectivity index (χ2n) is 16.1. The topological polar surface area (TPSA) is 25.8 Å². The third kappa shape index (κ3) is 5.89. The number of aromatic nitrogens is 2. The average Bonchev–Trinajstić information content (AvgIpc) is 3.65. The van der Waals surface area contributed by atoms with E-state index in [-0.39, 0.29) is 0 Å². The summed E-state index contributed by atoms with van der Waals surface area (Å²) < 4.78 is 0. The molecular weight excluding hydrogens is 769 g/mol. The average molecular weight is 807 g/mol. The molecule has 62 heavy (non-hydrogen) atoms. The van der Waals surface area contributed by atoms with Gasteiger partial charge in [0.1, 0.15) is 0 Å². The lowest BCUT2D eigenvalue weighted by Crippen LogP contribution is -2.32. The molecule has 0 atom stereocenters. The molecule has 0 amide bonds. The van der Waals surface area contributed by atoms with Gasteiger partial charge in [0.15, 0.2) is 5.82 Å². The van der Waals surface area contributed by atoms with Gasteiger partial charge in [-0.05, 0) is 103 Å². The van der Waals surface area contributed by atoms with Crippen molar-refractivity contribution in [2.45, 2.75) is 15.2 Å². The Morgan fingerprint density at radius 2 is 0.774 bits per heavy atom. The Morgan fingerprint density at radius 1 is 0.274 bits per heavy atom. The third-order valence-electron chi connectivity index (χ3n) is 12.6. The molecule has 10 aromatic rings. The molecule has 2 heterocycles. The number of fused-ring (bicyclic) bond motifs is 9. The number of rotatable bonds is 6. The standard InChI is InChI=1S/C59H38N2S/c1-4-17-39(18-5-1)49-36-42(31-33-46(49)44-23-16-24-45(35-44)58-60-54(40-19-6-2-7-20-40)38-55(61-58)41-21-8-3-9-22-41)43-32-34-57-53(37-43)59(52-29-14-15-30-56(52)62-57)50-27-12-10-25-47(50)48-26-11-13-28-51(48)59/h1-38H. The Balaban J connectivity index is 1.01. The molecule has 1 aromatic heterocycles. The summed E-state index contributed by atoms with van der Waals surface area (Å²) in [6, 6.07) is 83.5. The van der Waals surface area contributed by atoms with Crippen LogP contribution in [0.4, 0.5) is 0 Å². The third-order valence-corrected chi connectivity index (χ3v) is 13.7. The highest BCUT2D eigenvalue weighted by atomic mass is 32.2. The summed E-state index contributed by atoms with van der Waals surface area (Å²) in [4.78, 5) is 12.9. The summed E-state index contributed by atoms with van der Waals surface area (Å²) >= 11 is 1.88. The highest BCUT2D eigenvalue weighted by Gasteiger charge is 2.50. The molecule has 12 rings (SSSR count). The minimum atomic E-state index is -0.427. The summed E-state index contributed by atoms with van der Waals surface area (Å²) in [5.74, 6) is 0.697. The molecule has 2 nitrogen and oxygen atoms in total. The van der Waals surface area contributed by atoms with E-state index in [9.17, 15) is 0 Å². The van der Waals surface area contributed by atoms with Crippen LogP contribution in [0, 0.1) is 0 Å². The summed E-state index contributed by atoms with van der Waals surface area (Å²) in [7, 11) is 0. The highest BCUT2D eigenvalue weighted by Crippen LogP contribution is 2.62. The zero-order chi connectivity index (χ0) is 41.0. The SMILES string of the molecule is c1ccc(-c2cc(-c3ccccc3)nc(-c3cccc(-c4ccc(-c5ccc6c(c5)C5(c7ccccc7S6)c6ccccc6-c6ccccc65)cc4-c4ccccc4)c3)n2)cc1. The van der Waals surface area contributed by atoms with Gasteiger partial charge >= 0.3 is 0 Å². The first-order chi connectivity index (χ1) is 30.7. The van der Waals surface area contributed by atoms with Gasteiger partial charge in [-0.3, -0.25) is 0 Å². The maximum atomic E-state index is 5.16. The van der Waals surface area contributed by atoms with Gasteiger partial charge in [-0.15, -0.1) is 0 Å². The van der Waals surface area contributed by atoms with E-state index < -0.39 is 5.41 Å². The number of hydrogen-bond acceptors (Lipinski definition) is 3. The van der Waals surface area contributed by atoms with E-state index in [1.165, 1.54) is 65.4 Å². The van der Waals surface area contributed by atoms with E-state index in [0.717, 1.165) is 39.2 Å². The summed E-state index contributed by atoms with van der Waals surface area (Å²) in [5.41, 5.74) is 19.4. The Labute approximate surface area is 366 Å². The predicted octanol–water partition coefficient (Wildman–Crippen LogP) is 15.3. The normalized spacial score (nSPS) is 12.9. The molecule has 0 saturated heterocycles. The van der Waals surface area contributed by atoms with Crippen LogP contribution in [0.25, 0.3) is 78.4 Å². The van der Waals surface area contributed by atoms with Crippen molar-refractivity contribution in [3.05, 3.63) is 253 Å². The van der Waals surface area contributed by atoms with Crippen LogP contribution in [0.1, 0.15) is 22.3 Å². The first kappa shape index (κ1) is 36.3. The van der Waals surface area contributed by atoms with Gasteiger partial charge in [0.2, 0.25) is 0 Å². The summed E-state index contributed by atoms with van der Waals surface area (Å²) in [5, 5.41) is 0. The van der Waals surface area contributed by atoms with Crippen LogP contribution in [0.3, 0.4) is 0 Å². The first-order valence-electron chi connectivity index (χ1n) is 21.1. The zero-order valence-electron chi connectivity index (χ0n) is 33.7. The van der Waals surface area contributed by atoms with E-state index in [0.29, 0.717) is 5.82 Å². The van der Waals surface area contributed by atoms with Crippen molar-refractivity contribution in [3.63, 3.8) is 0 Å². The lowest BCUT2D eigenvalue weighted by atomic mass is 9.67. The van der Waals surface area contributed by atoms with Crippen molar-refractivity contribution < 1.29 is 0 Å². The van der Waals surface area contributed by atoms with E-state index in [2.05, 4.69) is 218 Å². The van der Waals surface area contributed by atoms with Gasteiger partial charge < -0.3 is 0 Å². The summed E-state index contributed by atoms with van der Waals surface area (Å²) in [6.45, 7) is 0. The Morgan fingerprint density at radius 3 is 1.44 bits per heavy atom. The molecule has 0 saturated carbocycles. The molecular formula is C59H38N2S. The van der Waals surface area contributed by atoms with Crippen molar-refractivity contribution in [2.75, 3.05) is 0 Å². The van der Waals surface area contributed by atoms with Gasteiger partial charge in [0, 0.05) is 26.5 Å². The maximum Gasteiger partial charge on any atom is 0.160 e. The molecule has 0 bridgehead atoms. The van der Waals surface area contributed by atoms with Crippen LogP contribution >= 0.6 is 11.8 Å². The maximum absolute atomic E-state index is 5.16. The smallest absolute Gasteiger partial charge is 0.160 e. The number of benzene rings is 9. The molecule has 0 unspecified atom stereocenters. The van der Waals surface area contributed by atoms with Gasteiger partial charge in [0.25, 0.3) is 0 Å². The Hall–Kier alpha value is -7.59. The molecule has 0 radical (unpaired) electrons. The van der Waals surface area contributed by atoms with Crippen molar-refractivity contribution in [1.82, 2.24) is 9.97 Å². The molecule has 0 N–H and O–H groups in total. The molecule has 1 aliphatic carbocycles. The van der Waals surface area contributed by atoms with Crippen LogP contribution in [0.15, 0.2) is 240 Å². The second-order valence-corrected chi connectivity index (χ2v) is 17.1. The Kier molecular flexibility index (Phi) is 8.69. The fraction of sp³-hybridized carbons (Fsp3) is 0.0169. The first-order valence-corrected chi connectivity index (χ1v) is 22.0. The van der Waals surface area contributed by atoms with E-state index >= 15 is 0 Å². The lowest BCUT2D eigenvalue weighted by Gasteiger charge is -2.40. The quantitative estimate of drug-likeness (QED) is 0.167. The zero-order valence-corrected chi connectivity index (χ0v) is 34.6. The number of hydrogen-bond donors (Lipinski definition) is 0. The molecule has 9 aromatic carbocycles. The molecule has 0 fully saturated rings. The van der Waals surface area contributed by atoms with Crippen molar-refractivity contribution in [3.8, 4) is 78.4 Å². The fourth-order valence-electron chi connectivity index (χ4n) is 9.78. The Bertz CT molecular complexity index is 3220. The molecule has 1 spiro atoms. The van der Waals surface area contributed by atoms with E-state index in [4.69, 9.17) is 9.97 Å². The molecule has 2 aliphatic rings. The van der Waals surface area contributed by atoms with E-state index in [1.807, 2.05) is 23.9 Å². The van der Waals surface area contributed by atoms with Crippen LogP contribution in [-0.4, -0.2) is 9.97 Å². The monoisotopic (exact) mass is 806 g/mol. The molecule has 3 heteroatoms. The minimum absolute atomic E-state index is 0.427. The molecule has 1 aliphatic heterocycles. The van der Waals surface area contributed by atoms with Gasteiger partial charge in [-0.1, -0.05) is 206 Å². The largest absolute Gasteiger partial charge is 0.228 e. The van der Waals surface area contributed by atoms with Crippen LogP contribution in [0.2, 0.25) is 0 Å². The van der Waals surface area contributed by atoms with Crippen LogP contribution in [0.5, 0.6) is 0 Å². The predicted molar refractivity (Wildman–Crippen MR) is 256 cm³/mol. The lowest BCUT2D eigenvalue weighted by molar-refractivity contribution is 0.723. The van der Waals surface area contributed by atoms with Gasteiger partial charge in [-0.25, -0.2) is 9.97 Å². The van der Waals surface area contributed by atoms with Gasteiger partial charge in [-0.2, -0.15) is 0 Å². The van der Waals surface area contributed by atoms with Gasteiger partial charge in [0.05, 0.1) is 16.8 Å². The van der Waals surface area contributed by atoms with Crippen molar-refractivity contribution in [1.29, 1.82) is 0 Å². The summed E-state index contributed by atoms with van der Waals surface area (Å²) in [6.07, 6.45) is 0. The highest BCUT2D eigenvalue weighted by molar-refractivity contribution is 7.99. The molecule has 290 valence electrons. The van der Waals surface area contributed by atoms with Crippen LogP contribution in [-0.2, 0) is 5.41 Å². The van der Waals surface area contributed by atoms with Crippen molar-refractivity contribution in [2.24, 2.45) is 0 Å². The number of nitrogens with zero attached hydrogens (tertiary/aromatic N) is 2. The fourth-order valence-corrected chi connectivity index (χ4v) is 11.0.